The van der Waals surface area contributed by atoms with Crippen LogP contribution >= 0.6 is 64.9 Å². The fourth-order valence-corrected chi connectivity index (χ4v) is 15.5. The number of fused-ring (bicyclic) bond motifs is 6. The second-order valence-electron chi connectivity index (χ2n) is 12.9. The van der Waals surface area contributed by atoms with Crippen molar-refractivity contribution in [3.63, 3.8) is 0 Å². The first kappa shape index (κ1) is 30.7. The number of rotatable bonds is 6. The topological polar surface area (TPSA) is 6.48 Å². The van der Waals surface area contributed by atoms with Crippen LogP contribution in [0.15, 0.2) is 69.1 Å². The summed E-state index contributed by atoms with van der Waals surface area (Å²) in [7, 11) is 7.77. The van der Waals surface area contributed by atoms with Gasteiger partial charge in [-0.3, -0.25) is 0 Å². The van der Waals surface area contributed by atoms with Crippen molar-refractivity contribution in [2.75, 3.05) is 22.3 Å². The monoisotopic (exact) mass is 690 g/mol. The van der Waals surface area contributed by atoms with E-state index in [4.69, 9.17) is 0 Å². The lowest BCUT2D eigenvalue weighted by Gasteiger charge is -2.44. The van der Waals surface area contributed by atoms with Crippen molar-refractivity contribution in [1.29, 1.82) is 0 Å². The summed E-state index contributed by atoms with van der Waals surface area (Å²) in [4.78, 5) is 8.23. The highest BCUT2D eigenvalue weighted by Gasteiger charge is 2.46. The van der Waals surface area contributed by atoms with E-state index in [1.807, 2.05) is 64.9 Å². The third-order valence-electron chi connectivity index (χ3n) is 9.22. The molecule has 0 aliphatic carbocycles. The molecule has 226 valence electrons. The van der Waals surface area contributed by atoms with Gasteiger partial charge >= 0.3 is 20.7 Å². The van der Waals surface area contributed by atoms with Crippen molar-refractivity contribution < 1.29 is 0 Å². The maximum atomic E-state index is 2.63. The van der Waals surface area contributed by atoms with Crippen LogP contribution in [0.3, 0.4) is 0 Å². The molecule has 0 radical (unpaired) electrons. The fraction of sp³-hybridized carbons (Fsp3) is 0.333. The van der Waals surface area contributed by atoms with Gasteiger partial charge in [0.2, 0.25) is 0 Å². The SMILES string of the molecule is CSc1[s+]sc2c1-c1cc(C)ccc1N(Cc1ccc(CN3c4ccc(C)cc4-c4c(s[s+]c4SC)C3(C)C)cc1)C2(C)C. The highest BCUT2D eigenvalue weighted by atomic mass is 32.9. The first-order valence-corrected chi connectivity index (χ1v) is 21.7. The number of hydrogen-bond donors (Lipinski definition) is 0. The lowest BCUT2D eigenvalue weighted by atomic mass is 9.86. The third-order valence-corrected chi connectivity index (χ3v) is 17.6. The Bertz CT molecular complexity index is 1740. The number of nitrogens with zero attached hydrogens (tertiary/aromatic N) is 2. The Labute approximate surface area is 285 Å². The van der Waals surface area contributed by atoms with Gasteiger partial charge in [-0.05, 0) is 89.4 Å². The molecular weight excluding hydrogens is 653 g/mol. The van der Waals surface area contributed by atoms with Crippen molar-refractivity contribution in [2.45, 2.75) is 74.1 Å². The van der Waals surface area contributed by atoms with Crippen LogP contribution in [0.2, 0.25) is 0 Å². The van der Waals surface area contributed by atoms with Gasteiger partial charge in [-0.25, -0.2) is 0 Å². The number of aryl methyl sites for hydroxylation is 2. The Kier molecular flexibility index (Phi) is 7.95. The molecule has 0 spiro atoms. The molecule has 8 heteroatoms. The molecule has 3 aromatic carbocycles. The highest BCUT2D eigenvalue weighted by molar-refractivity contribution is 8.02. The van der Waals surface area contributed by atoms with Crippen LogP contribution in [0.25, 0.3) is 22.3 Å². The zero-order chi connectivity index (χ0) is 31.0. The van der Waals surface area contributed by atoms with E-state index in [-0.39, 0.29) is 11.1 Å². The molecule has 0 atom stereocenters. The maximum absolute atomic E-state index is 2.63. The Morgan fingerprint density at radius 3 is 1.36 bits per heavy atom. The molecule has 0 saturated heterocycles. The standard InChI is InChI=1S/C36H38N2S6/c1-21-9-15-27-25(17-21)29-31(41-43-33(29)39-7)35(3,4)37(27)19-23-11-13-24(14-12-23)20-38-28-16-10-22(2)18-26(28)30-32(36(38,5)6)42-44-34(30)40-8/h9-18H,19-20H2,1-8H3/q+2. The molecule has 2 aliphatic rings. The van der Waals surface area contributed by atoms with Crippen molar-refractivity contribution in [3.05, 3.63) is 92.7 Å². The molecule has 2 aromatic heterocycles. The summed E-state index contributed by atoms with van der Waals surface area (Å²) in [6.45, 7) is 15.8. The molecule has 44 heavy (non-hydrogen) atoms. The first-order chi connectivity index (χ1) is 21.0. The predicted octanol–water partition coefficient (Wildman–Crippen LogP) is 12.4. The van der Waals surface area contributed by atoms with Crippen LogP contribution in [0.4, 0.5) is 11.4 Å². The average molecular weight is 691 g/mol. The second-order valence-corrected chi connectivity index (χ2v) is 19.3. The molecule has 7 rings (SSSR count). The summed E-state index contributed by atoms with van der Waals surface area (Å²) in [5, 5.41) is 0. The minimum atomic E-state index is -0.0832. The number of hydrogen-bond acceptors (Lipinski definition) is 6. The molecule has 5 aromatic rings. The van der Waals surface area contributed by atoms with E-state index < -0.39 is 0 Å². The minimum absolute atomic E-state index is 0.0832. The Morgan fingerprint density at radius 2 is 1.00 bits per heavy atom. The van der Waals surface area contributed by atoms with E-state index in [0.29, 0.717) is 0 Å². The summed E-state index contributed by atoms with van der Waals surface area (Å²) in [5.74, 6) is 0. The summed E-state index contributed by atoms with van der Waals surface area (Å²) in [6.07, 6.45) is 4.42. The Hall–Kier alpha value is -1.94. The van der Waals surface area contributed by atoms with Crippen molar-refractivity contribution in [1.82, 2.24) is 0 Å². The summed E-state index contributed by atoms with van der Waals surface area (Å²) in [5.41, 5.74) is 13.6. The van der Waals surface area contributed by atoms with E-state index in [2.05, 4.69) is 125 Å². The number of thioether (sulfide) groups is 2. The highest BCUT2D eigenvalue weighted by Crippen LogP contribution is 2.57. The van der Waals surface area contributed by atoms with Crippen LogP contribution in [0.5, 0.6) is 0 Å². The van der Waals surface area contributed by atoms with Gasteiger partial charge in [-0.1, -0.05) is 71.0 Å². The molecule has 0 amide bonds. The van der Waals surface area contributed by atoms with Gasteiger partial charge in [0.15, 0.2) is 20.7 Å². The molecule has 2 aliphatic heterocycles. The number of anilines is 2. The Balaban J connectivity index is 1.20. The van der Waals surface area contributed by atoms with Crippen LogP contribution in [0.1, 0.15) is 59.7 Å². The van der Waals surface area contributed by atoms with Gasteiger partial charge in [0, 0.05) is 35.6 Å². The maximum Gasteiger partial charge on any atom is 0.308 e. The minimum Gasteiger partial charge on any atom is -0.356 e. The van der Waals surface area contributed by atoms with E-state index in [1.165, 1.54) is 74.1 Å². The molecular formula is C36H38N2S6+2. The van der Waals surface area contributed by atoms with Crippen molar-refractivity contribution in [3.8, 4) is 22.3 Å². The largest absolute Gasteiger partial charge is 0.356 e. The first-order valence-electron chi connectivity index (χ1n) is 14.9. The fourth-order valence-electron chi connectivity index (χ4n) is 6.76. The molecule has 0 fully saturated rings. The van der Waals surface area contributed by atoms with Gasteiger partial charge in [0.05, 0.1) is 22.2 Å². The summed E-state index contributed by atoms with van der Waals surface area (Å²) in [6, 6.07) is 23.4. The second kappa shape index (κ2) is 11.4. The quantitative estimate of drug-likeness (QED) is 0.0993. The smallest absolute Gasteiger partial charge is 0.308 e. The van der Waals surface area contributed by atoms with Crippen molar-refractivity contribution in [2.24, 2.45) is 0 Å². The molecule has 0 bridgehead atoms. The predicted molar refractivity (Wildman–Crippen MR) is 202 cm³/mol. The van der Waals surface area contributed by atoms with E-state index in [9.17, 15) is 0 Å². The van der Waals surface area contributed by atoms with E-state index in [0.717, 1.165) is 13.1 Å². The van der Waals surface area contributed by atoms with Crippen LogP contribution < -0.4 is 9.80 Å². The molecule has 4 heterocycles. The van der Waals surface area contributed by atoms with E-state index >= 15 is 0 Å². The lowest BCUT2D eigenvalue weighted by molar-refractivity contribution is 0.481. The number of benzene rings is 3. The van der Waals surface area contributed by atoms with Gasteiger partial charge in [0.25, 0.3) is 8.42 Å². The summed E-state index contributed by atoms with van der Waals surface area (Å²) >= 11 is 3.77. The zero-order valence-electron chi connectivity index (χ0n) is 26.5. The molecule has 0 N–H and O–H groups in total. The molecule has 0 unspecified atom stereocenters. The van der Waals surface area contributed by atoms with Crippen molar-refractivity contribution >= 4 is 76.3 Å². The normalized spacial score (nSPS) is 15.9. The van der Waals surface area contributed by atoms with Gasteiger partial charge in [-0.2, -0.15) is 0 Å². The van der Waals surface area contributed by atoms with Gasteiger partial charge in [-0.15, -0.1) is 0 Å². The zero-order valence-corrected chi connectivity index (χ0v) is 31.4. The molecule has 2 nitrogen and oxygen atoms in total. The lowest BCUT2D eigenvalue weighted by Crippen LogP contribution is -2.43. The average Bonchev–Trinajstić information content (AvgIpc) is 3.64. The van der Waals surface area contributed by atoms with Crippen LogP contribution in [-0.4, -0.2) is 12.5 Å². The van der Waals surface area contributed by atoms with Crippen LogP contribution in [0, 0.1) is 13.8 Å². The van der Waals surface area contributed by atoms with Gasteiger partial charge < -0.3 is 9.80 Å². The van der Waals surface area contributed by atoms with Gasteiger partial charge in [0.1, 0.15) is 9.75 Å². The Morgan fingerprint density at radius 1 is 0.614 bits per heavy atom. The third kappa shape index (κ3) is 4.87. The van der Waals surface area contributed by atoms with Crippen LogP contribution in [-0.2, 0) is 24.2 Å². The summed E-state index contributed by atoms with van der Waals surface area (Å²) < 4.78 is 2.87. The van der Waals surface area contributed by atoms with E-state index in [1.54, 1.807) is 0 Å². The molecule has 0 saturated carbocycles.